The van der Waals surface area contributed by atoms with Crippen LogP contribution in [0.2, 0.25) is 0 Å². The zero-order valence-electron chi connectivity index (χ0n) is 15.2. The second-order valence-electron chi connectivity index (χ2n) is 6.97. The minimum atomic E-state index is -0.158. The molecule has 0 unspecified atom stereocenters. The normalized spacial score (nSPS) is 17.7. The summed E-state index contributed by atoms with van der Waals surface area (Å²) in [5, 5.41) is 5.91. The molecule has 1 atom stereocenters. The molecule has 1 aromatic rings. The van der Waals surface area contributed by atoms with E-state index in [-0.39, 0.29) is 17.6 Å². The molecule has 24 heavy (non-hydrogen) atoms. The van der Waals surface area contributed by atoms with E-state index in [0.717, 1.165) is 32.1 Å². The molecule has 0 aliphatic carbocycles. The number of ether oxygens (including phenoxy) is 1. The topological polar surface area (TPSA) is 70.0 Å². The summed E-state index contributed by atoms with van der Waals surface area (Å²) in [6.45, 7) is 8.67. The minimum Gasteiger partial charge on any atom is -0.468 e. The Morgan fingerprint density at radius 2 is 2.04 bits per heavy atom. The van der Waals surface area contributed by atoms with E-state index < -0.39 is 0 Å². The first-order valence-electron chi connectivity index (χ1n) is 8.44. The number of rotatable bonds is 7. The highest BCUT2D eigenvalue weighted by Gasteiger charge is 2.28. The molecule has 7 heteroatoms. The monoisotopic (exact) mass is 338 g/mol. The van der Waals surface area contributed by atoms with Crippen molar-refractivity contribution in [3.8, 4) is 0 Å². The van der Waals surface area contributed by atoms with Crippen LogP contribution in [0.3, 0.4) is 0 Å². The Morgan fingerprint density at radius 1 is 1.33 bits per heavy atom. The van der Waals surface area contributed by atoms with E-state index in [4.69, 9.17) is 9.15 Å². The number of hydrogen-bond acceptors (Lipinski definition) is 5. The first-order valence-corrected chi connectivity index (χ1v) is 8.44. The fraction of sp³-hybridized carbons (Fsp3) is 0.706. The van der Waals surface area contributed by atoms with Crippen LogP contribution in [0.4, 0.5) is 4.79 Å². The molecule has 0 radical (unpaired) electrons. The zero-order valence-corrected chi connectivity index (χ0v) is 15.2. The molecule has 2 N–H and O–H groups in total. The van der Waals surface area contributed by atoms with Crippen molar-refractivity contribution in [3.63, 3.8) is 0 Å². The minimum absolute atomic E-state index is 0.0120. The van der Waals surface area contributed by atoms with Crippen molar-refractivity contribution >= 4 is 6.03 Å². The molecule has 2 heterocycles. The molecular formula is C17H30N4O3. The number of nitrogens with one attached hydrogen (secondary N) is 2. The third kappa shape index (κ3) is 5.22. The number of morpholine rings is 1. The van der Waals surface area contributed by atoms with E-state index in [1.54, 1.807) is 6.26 Å². The average Bonchev–Trinajstić information content (AvgIpc) is 3.08. The molecule has 1 fully saturated rings. The van der Waals surface area contributed by atoms with Crippen LogP contribution in [0, 0.1) is 0 Å². The van der Waals surface area contributed by atoms with Gasteiger partial charge in [-0.1, -0.05) is 0 Å². The predicted molar refractivity (Wildman–Crippen MR) is 93.0 cm³/mol. The number of furan rings is 1. The van der Waals surface area contributed by atoms with Gasteiger partial charge in [0.05, 0.1) is 25.5 Å². The van der Waals surface area contributed by atoms with Gasteiger partial charge in [0, 0.05) is 31.7 Å². The summed E-state index contributed by atoms with van der Waals surface area (Å²) in [5.41, 5.74) is -0.0942. The van der Waals surface area contributed by atoms with E-state index in [1.165, 1.54) is 0 Å². The van der Waals surface area contributed by atoms with Crippen molar-refractivity contribution in [2.75, 3.05) is 53.5 Å². The Kier molecular flexibility index (Phi) is 6.65. The van der Waals surface area contributed by atoms with Gasteiger partial charge in [0.1, 0.15) is 5.76 Å². The van der Waals surface area contributed by atoms with Crippen LogP contribution < -0.4 is 10.6 Å². The van der Waals surface area contributed by atoms with E-state index in [2.05, 4.69) is 29.4 Å². The van der Waals surface area contributed by atoms with Crippen molar-refractivity contribution in [2.45, 2.75) is 25.4 Å². The fourth-order valence-electron chi connectivity index (χ4n) is 2.85. The third-order valence-electron chi connectivity index (χ3n) is 4.50. The van der Waals surface area contributed by atoms with Gasteiger partial charge in [-0.2, -0.15) is 0 Å². The molecule has 1 saturated heterocycles. The number of likely N-dealkylation sites (N-methyl/N-ethyl adjacent to an activating group) is 1. The number of urea groups is 1. The number of nitrogens with zero attached hydrogens (tertiary/aromatic N) is 2. The SMILES string of the molecule is CN(C)[C@H](CNC(=O)NCC(C)(C)N1CCOCC1)c1ccco1. The molecule has 7 nitrogen and oxygen atoms in total. The van der Waals surface area contributed by atoms with Gasteiger partial charge in [-0.15, -0.1) is 0 Å². The maximum absolute atomic E-state index is 12.2. The number of carbonyl (C=O) groups is 1. The molecular weight excluding hydrogens is 308 g/mol. The fourth-order valence-corrected chi connectivity index (χ4v) is 2.85. The van der Waals surface area contributed by atoms with Gasteiger partial charge in [-0.05, 0) is 40.1 Å². The summed E-state index contributed by atoms with van der Waals surface area (Å²) < 4.78 is 10.8. The first-order chi connectivity index (χ1) is 11.4. The molecule has 0 spiro atoms. The number of hydrogen-bond donors (Lipinski definition) is 2. The molecule has 0 aromatic carbocycles. The lowest BCUT2D eigenvalue weighted by atomic mass is 10.0. The van der Waals surface area contributed by atoms with Gasteiger partial charge in [0.2, 0.25) is 0 Å². The van der Waals surface area contributed by atoms with Gasteiger partial charge in [0.25, 0.3) is 0 Å². The lowest BCUT2D eigenvalue weighted by Gasteiger charge is -2.40. The van der Waals surface area contributed by atoms with Crippen LogP contribution >= 0.6 is 0 Å². The molecule has 1 aliphatic rings. The van der Waals surface area contributed by atoms with Gasteiger partial charge >= 0.3 is 6.03 Å². The molecule has 1 aliphatic heterocycles. The predicted octanol–water partition coefficient (Wildman–Crippen LogP) is 1.29. The van der Waals surface area contributed by atoms with E-state index in [1.807, 2.05) is 31.1 Å². The summed E-state index contributed by atoms with van der Waals surface area (Å²) in [4.78, 5) is 16.5. The van der Waals surface area contributed by atoms with Crippen LogP contribution in [0.15, 0.2) is 22.8 Å². The lowest BCUT2D eigenvalue weighted by Crippen LogP contribution is -2.56. The van der Waals surface area contributed by atoms with Crippen molar-refractivity contribution in [2.24, 2.45) is 0 Å². The van der Waals surface area contributed by atoms with E-state index >= 15 is 0 Å². The molecule has 2 rings (SSSR count). The highest BCUT2D eigenvalue weighted by molar-refractivity contribution is 5.73. The second kappa shape index (κ2) is 8.50. The van der Waals surface area contributed by atoms with Crippen molar-refractivity contribution in [1.29, 1.82) is 0 Å². The molecule has 0 bridgehead atoms. The number of amides is 2. The lowest BCUT2D eigenvalue weighted by molar-refractivity contribution is -0.00875. The van der Waals surface area contributed by atoms with Gasteiger partial charge in [-0.25, -0.2) is 4.79 Å². The standard InChI is InChI=1S/C17H30N4O3/c1-17(2,21-7-10-23-11-8-21)13-19-16(22)18-12-14(20(3)4)15-6-5-9-24-15/h5-6,9,14H,7-8,10-13H2,1-4H3,(H2,18,19,22)/t14-/m1/s1. The molecule has 0 saturated carbocycles. The summed E-state index contributed by atoms with van der Waals surface area (Å²) in [6.07, 6.45) is 1.65. The average molecular weight is 338 g/mol. The summed E-state index contributed by atoms with van der Waals surface area (Å²) in [6, 6.07) is 3.63. The zero-order chi connectivity index (χ0) is 17.6. The first kappa shape index (κ1) is 18.8. The van der Waals surface area contributed by atoms with E-state index in [9.17, 15) is 4.79 Å². The van der Waals surface area contributed by atoms with Crippen LogP contribution in [0.5, 0.6) is 0 Å². The summed E-state index contributed by atoms with van der Waals surface area (Å²) >= 11 is 0. The van der Waals surface area contributed by atoms with Crippen molar-refractivity contribution in [1.82, 2.24) is 20.4 Å². The molecule has 1 aromatic heterocycles. The Balaban J connectivity index is 1.78. The third-order valence-corrected chi connectivity index (χ3v) is 4.50. The number of carbonyl (C=O) groups excluding carboxylic acids is 1. The Hall–Kier alpha value is -1.57. The van der Waals surface area contributed by atoms with Gasteiger partial charge in [-0.3, -0.25) is 9.80 Å². The highest BCUT2D eigenvalue weighted by Crippen LogP contribution is 2.17. The second-order valence-corrected chi connectivity index (χ2v) is 6.97. The summed E-state index contributed by atoms with van der Waals surface area (Å²) in [5.74, 6) is 0.842. The van der Waals surface area contributed by atoms with Crippen LogP contribution in [0.1, 0.15) is 25.6 Å². The highest BCUT2D eigenvalue weighted by atomic mass is 16.5. The van der Waals surface area contributed by atoms with Crippen molar-refractivity contribution < 1.29 is 13.9 Å². The summed E-state index contributed by atoms with van der Waals surface area (Å²) in [7, 11) is 3.93. The smallest absolute Gasteiger partial charge is 0.314 e. The molecule has 136 valence electrons. The van der Waals surface area contributed by atoms with E-state index in [0.29, 0.717) is 13.1 Å². The van der Waals surface area contributed by atoms with Crippen LogP contribution in [-0.4, -0.2) is 74.9 Å². The Labute approximate surface area is 144 Å². The Morgan fingerprint density at radius 3 is 2.62 bits per heavy atom. The maximum Gasteiger partial charge on any atom is 0.314 e. The van der Waals surface area contributed by atoms with Crippen LogP contribution in [0.25, 0.3) is 0 Å². The quantitative estimate of drug-likeness (QED) is 0.784. The van der Waals surface area contributed by atoms with Gasteiger partial charge < -0.3 is 19.8 Å². The van der Waals surface area contributed by atoms with Crippen LogP contribution in [-0.2, 0) is 4.74 Å². The maximum atomic E-state index is 12.2. The van der Waals surface area contributed by atoms with Crippen molar-refractivity contribution in [3.05, 3.63) is 24.2 Å². The Bertz CT molecular complexity index is 496. The molecule has 2 amide bonds. The van der Waals surface area contributed by atoms with Gasteiger partial charge in [0.15, 0.2) is 0 Å². The largest absolute Gasteiger partial charge is 0.468 e.